The van der Waals surface area contributed by atoms with Crippen molar-refractivity contribution in [3.05, 3.63) is 223 Å². The second-order valence-corrected chi connectivity index (χ2v) is 16.2. The van der Waals surface area contributed by atoms with Crippen molar-refractivity contribution >= 4 is 44.4 Å². The topological polar surface area (TPSA) is 8.17 Å². The largest absolute Gasteiger partial charge is 0.310 e. The van der Waals surface area contributed by atoms with Crippen LogP contribution in [0.4, 0.5) is 17.1 Å². The van der Waals surface area contributed by atoms with E-state index < -0.39 is 0 Å². The van der Waals surface area contributed by atoms with Crippen LogP contribution in [-0.2, 0) is 5.41 Å². The summed E-state index contributed by atoms with van der Waals surface area (Å²) in [6, 6.07) is 70.9. The fourth-order valence-electron chi connectivity index (χ4n) is 9.32. The van der Waals surface area contributed by atoms with E-state index in [1.54, 1.807) is 0 Å². The van der Waals surface area contributed by atoms with Gasteiger partial charge < -0.3 is 9.47 Å². The van der Waals surface area contributed by atoms with Gasteiger partial charge in [0.2, 0.25) is 0 Å². The normalized spacial score (nSPS) is 13.4. The van der Waals surface area contributed by atoms with Gasteiger partial charge >= 0.3 is 0 Å². The van der Waals surface area contributed by atoms with E-state index >= 15 is 0 Å². The van der Waals surface area contributed by atoms with Gasteiger partial charge in [0.05, 0.1) is 11.0 Å². The van der Waals surface area contributed by atoms with Crippen LogP contribution in [0.3, 0.4) is 0 Å². The van der Waals surface area contributed by atoms with Crippen molar-refractivity contribution < 1.29 is 0 Å². The molecule has 0 saturated heterocycles. The molecule has 10 rings (SSSR count). The average molecular weight is 759 g/mol. The molecule has 9 aromatic rings. The molecule has 0 unspecified atom stereocenters. The Kier molecular flexibility index (Phi) is 8.99. The number of nitrogens with zero attached hydrogens (tertiary/aromatic N) is 2. The number of hydrogen-bond donors (Lipinski definition) is 0. The Labute approximate surface area is 347 Å². The van der Waals surface area contributed by atoms with Gasteiger partial charge in [-0.2, -0.15) is 0 Å². The molecule has 0 N–H and O–H groups in total. The number of anilines is 3. The minimum absolute atomic E-state index is 0.0897. The third kappa shape index (κ3) is 6.29. The van der Waals surface area contributed by atoms with Gasteiger partial charge in [0, 0.05) is 38.9 Å². The lowest BCUT2D eigenvalue weighted by Crippen LogP contribution is -2.17. The summed E-state index contributed by atoms with van der Waals surface area (Å²) < 4.78 is 2.37. The van der Waals surface area contributed by atoms with Crippen LogP contribution in [0.1, 0.15) is 38.8 Å². The average Bonchev–Trinajstić information content (AvgIpc) is 3.72. The van der Waals surface area contributed by atoms with E-state index in [0.29, 0.717) is 0 Å². The minimum Gasteiger partial charge on any atom is -0.310 e. The second kappa shape index (κ2) is 14.7. The molecule has 0 radical (unpaired) electrons. The summed E-state index contributed by atoms with van der Waals surface area (Å²) in [6.07, 6.45) is 4.44. The molecule has 0 amide bonds. The van der Waals surface area contributed by atoms with Crippen LogP contribution in [0.2, 0.25) is 0 Å². The first-order chi connectivity index (χ1) is 28.9. The molecule has 1 aromatic heterocycles. The smallest absolute Gasteiger partial charge is 0.0541 e. The summed E-state index contributed by atoms with van der Waals surface area (Å²) in [5, 5.41) is 2.53. The molecule has 2 nitrogen and oxygen atoms in total. The van der Waals surface area contributed by atoms with Gasteiger partial charge in [-0.1, -0.05) is 153 Å². The van der Waals surface area contributed by atoms with Crippen molar-refractivity contribution in [2.24, 2.45) is 0 Å². The van der Waals surface area contributed by atoms with Crippen molar-refractivity contribution in [1.82, 2.24) is 4.57 Å². The fraction of sp³-hybridized carbons (Fsp3) is 0.0877. The Morgan fingerprint density at radius 2 is 0.949 bits per heavy atom. The Morgan fingerprint density at radius 3 is 1.58 bits per heavy atom. The molecule has 1 heterocycles. The van der Waals surface area contributed by atoms with Gasteiger partial charge in [0.1, 0.15) is 0 Å². The lowest BCUT2D eigenvalue weighted by atomic mass is 9.81. The molecule has 1 aliphatic carbocycles. The first-order valence-electron chi connectivity index (χ1n) is 20.6. The second-order valence-electron chi connectivity index (χ2n) is 16.2. The Balaban J connectivity index is 0.984. The highest BCUT2D eigenvalue weighted by Gasteiger charge is 2.35. The molecule has 1 aliphatic rings. The van der Waals surface area contributed by atoms with E-state index in [2.05, 4.69) is 243 Å². The quantitative estimate of drug-likeness (QED) is 0.150. The highest BCUT2D eigenvalue weighted by Crippen LogP contribution is 2.49. The van der Waals surface area contributed by atoms with Crippen LogP contribution in [-0.4, -0.2) is 4.57 Å². The molecular formula is C57H46N2. The number of aromatic nitrogens is 1. The number of hydrogen-bond acceptors (Lipinski definition) is 1. The lowest BCUT2D eigenvalue weighted by molar-refractivity contribution is 0.654. The van der Waals surface area contributed by atoms with Crippen molar-refractivity contribution in [2.75, 3.05) is 4.90 Å². The summed E-state index contributed by atoms with van der Waals surface area (Å²) in [7, 11) is 0. The fourth-order valence-corrected chi connectivity index (χ4v) is 9.32. The Hall–Kier alpha value is -7.16. The maximum Gasteiger partial charge on any atom is 0.0541 e. The molecule has 0 fully saturated rings. The maximum absolute atomic E-state index is 2.41. The van der Waals surface area contributed by atoms with Crippen LogP contribution < -0.4 is 4.90 Å². The van der Waals surface area contributed by atoms with Gasteiger partial charge in [-0.15, -0.1) is 0 Å². The van der Waals surface area contributed by atoms with Gasteiger partial charge in [-0.3, -0.25) is 0 Å². The number of rotatable bonds is 8. The molecule has 0 aliphatic heterocycles. The van der Waals surface area contributed by atoms with Crippen LogP contribution in [0.15, 0.2) is 212 Å². The zero-order valence-electron chi connectivity index (χ0n) is 34.0. The number of allylic oxidation sites excluding steroid dienone is 4. The van der Waals surface area contributed by atoms with E-state index in [0.717, 1.165) is 17.1 Å². The molecule has 284 valence electrons. The van der Waals surface area contributed by atoms with E-state index in [9.17, 15) is 0 Å². The Morgan fingerprint density at radius 1 is 0.458 bits per heavy atom. The van der Waals surface area contributed by atoms with Gasteiger partial charge in [-0.25, -0.2) is 0 Å². The monoisotopic (exact) mass is 758 g/mol. The minimum atomic E-state index is -0.0897. The number of para-hydroxylation sites is 2. The molecule has 59 heavy (non-hydrogen) atoms. The third-order valence-corrected chi connectivity index (χ3v) is 12.3. The van der Waals surface area contributed by atoms with Crippen LogP contribution in [0, 0.1) is 0 Å². The van der Waals surface area contributed by atoms with Crippen molar-refractivity contribution in [3.63, 3.8) is 0 Å². The van der Waals surface area contributed by atoms with Gasteiger partial charge in [0.15, 0.2) is 0 Å². The predicted molar refractivity (Wildman–Crippen MR) is 252 cm³/mol. The summed E-state index contributed by atoms with van der Waals surface area (Å²) in [5.74, 6) is 0. The molecule has 0 atom stereocenters. The predicted octanol–water partition coefficient (Wildman–Crippen LogP) is 15.9. The van der Waals surface area contributed by atoms with Crippen molar-refractivity contribution in [1.29, 1.82) is 0 Å². The molecule has 0 saturated carbocycles. The first-order valence-corrected chi connectivity index (χ1v) is 20.6. The summed E-state index contributed by atoms with van der Waals surface area (Å²) in [5.41, 5.74) is 19.6. The highest BCUT2D eigenvalue weighted by atomic mass is 15.1. The molecular weight excluding hydrogens is 713 g/mol. The summed E-state index contributed by atoms with van der Waals surface area (Å²) in [6.45, 7) is 9.07. The van der Waals surface area contributed by atoms with Gasteiger partial charge in [-0.05, 0) is 136 Å². The summed E-state index contributed by atoms with van der Waals surface area (Å²) >= 11 is 0. The van der Waals surface area contributed by atoms with E-state index in [1.807, 2.05) is 0 Å². The van der Waals surface area contributed by atoms with E-state index in [1.165, 1.54) is 83.1 Å². The Bertz CT molecular complexity index is 3040. The molecule has 8 aromatic carbocycles. The third-order valence-electron chi connectivity index (χ3n) is 12.3. The van der Waals surface area contributed by atoms with Crippen LogP contribution in [0.5, 0.6) is 0 Å². The summed E-state index contributed by atoms with van der Waals surface area (Å²) in [4.78, 5) is 2.39. The van der Waals surface area contributed by atoms with Crippen molar-refractivity contribution in [2.45, 2.75) is 33.1 Å². The van der Waals surface area contributed by atoms with Gasteiger partial charge in [0.25, 0.3) is 0 Å². The SMILES string of the molecule is C/C=C\C1=C(C)c2ccc(N(c3ccc(-c4ccccc4)cc3)c3ccc(-c4ccc(-c5ccc6c(c5)c5ccccc5n6-c5ccccc5)cc4)cc3)cc2C1(C)C. The molecule has 0 spiro atoms. The molecule has 2 heteroatoms. The molecule has 0 bridgehead atoms. The van der Waals surface area contributed by atoms with Crippen molar-refractivity contribution in [3.8, 4) is 39.1 Å². The highest BCUT2D eigenvalue weighted by molar-refractivity contribution is 6.10. The van der Waals surface area contributed by atoms with Crippen LogP contribution in [0.25, 0.3) is 66.4 Å². The van der Waals surface area contributed by atoms with Crippen LogP contribution >= 0.6 is 0 Å². The zero-order valence-corrected chi connectivity index (χ0v) is 34.0. The first kappa shape index (κ1) is 36.2. The zero-order chi connectivity index (χ0) is 40.1. The maximum atomic E-state index is 2.41. The number of benzene rings is 8. The number of fused-ring (bicyclic) bond motifs is 4. The van der Waals surface area contributed by atoms with E-state index in [-0.39, 0.29) is 5.41 Å². The lowest BCUT2D eigenvalue weighted by Gasteiger charge is -2.29. The standard InChI is InChI=1S/C57H46N2/c1-5-14-53-39(2)50-35-34-49(38-54(50)57(53,3)4)58(47-30-25-42(26-31-47)40-15-8-6-9-16-40)48-32-27-43(28-33-48)41-21-23-44(24-22-41)45-29-36-56-52(37-45)51-19-12-13-20-55(51)59(56)46-17-10-7-11-18-46/h5-38H,1-4H3/b14-5-. The van der Waals surface area contributed by atoms with E-state index in [4.69, 9.17) is 0 Å².